The molecule has 18 heavy (non-hydrogen) atoms. The Labute approximate surface area is 105 Å². The first-order valence-electron chi connectivity index (χ1n) is 6.09. The molecule has 0 bridgehead atoms. The van der Waals surface area contributed by atoms with Crippen LogP contribution < -0.4 is 5.32 Å². The summed E-state index contributed by atoms with van der Waals surface area (Å²) >= 11 is 0. The van der Waals surface area contributed by atoms with Crippen molar-refractivity contribution < 1.29 is 13.2 Å². The maximum atomic E-state index is 11.9. The number of nitrogens with zero attached hydrogens (tertiary/aromatic N) is 2. The number of hydrogen-bond acceptors (Lipinski definition) is 2. The SMILES string of the molecule is CC(CNCC(F)(F)F)Cc1ccn(C(C)C)n1. The maximum absolute atomic E-state index is 11.9. The third-order valence-corrected chi connectivity index (χ3v) is 2.57. The fraction of sp³-hybridized carbons (Fsp3) is 0.750. The normalized spacial score (nSPS) is 14.2. The number of aromatic nitrogens is 2. The van der Waals surface area contributed by atoms with E-state index in [1.165, 1.54) is 0 Å². The monoisotopic (exact) mass is 263 g/mol. The second-order valence-corrected chi connectivity index (χ2v) is 4.94. The van der Waals surface area contributed by atoms with E-state index in [1.54, 1.807) is 0 Å². The van der Waals surface area contributed by atoms with Gasteiger partial charge in [0, 0.05) is 12.2 Å². The lowest BCUT2D eigenvalue weighted by Gasteiger charge is -2.13. The van der Waals surface area contributed by atoms with E-state index < -0.39 is 12.7 Å². The Morgan fingerprint density at radius 3 is 2.50 bits per heavy atom. The minimum atomic E-state index is -4.14. The molecule has 6 heteroatoms. The van der Waals surface area contributed by atoms with Gasteiger partial charge in [0.15, 0.2) is 0 Å². The molecule has 0 radical (unpaired) electrons. The van der Waals surface area contributed by atoms with Crippen molar-refractivity contribution in [1.29, 1.82) is 0 Å². The number of alkyl halides is 3. The lowest BCUT2D eigenvalue weighted by molar-refractivity contribution is -0.125. The molecule has 3 nitrogen and oxygen atoms in total. The standard InChI is InChI=1S/C12H20F3N3/c1-9(2)18-5-4-11(17-18)6-10(3)7-16-8-12(13,14)15/h4-5,9-10,16H,6-8H2,1-3H3. The van der Waals surface area contributed by atoms with Crippen molar-refractivity contribution in [1.82, 2.24) is 15.1 Å². The first-order valence-corrected chi connectivity index (χ1v) is 6.09. The Hall–Kier alpha value is -1.04. The fourth-order valence-corrected chi connectivity index (χ4v) is 1.66. The summed E-state index contributed by atoms with van der Waals surface area (Å²) in [6, 6.07) is 2.22. The molecular formula is C12H20F3N3. The van der Waals surface area contributed by atoms with E-state index in [1.807, 2.05) is 37.7 Å². The first kappa shape index (κ1) is 15.0. The molecule has 104 valence electrons. The first-order chi connectivity index (χ1) is 8.28. The van der Waals surface area contributed by atoms with Crippen LogP contribution >= 0.6 is 0 Å². The van der Waals surface area contributed by atoms with E-state index >= 15 is 0 Å². The second kappa shape index (κ2) is 6.22. The van der Waals surface area contributed by atoms with Gasteiger partial charge in [0.25, 0.3) is 0 Å². The third-order valence-electron chi connectivity index (χ3n) is 2.57. The molecule has 1 heterocycles. The van der Waals surface area contributed by atoms with E-state index in [0.717, 1.165) is 5.69 Å². The minimum absolute atomic E-state index is 0.128. The zero-order chi connectivity index (χ0) is 13.8. The predicted octanol–water partition coefficient (Wildman–Crippen LogP) is 2.79. The summed E-state index contributed by atoms with van der Waals surface area (Å²) in [6.07, 6.45) is -1.56. The van der Waals surface area contributed by atoms with Crippen LogP contribution in [-0.4, -0.2) is 29.0 Å². The highest BCUT2D eigenvalue weighted by atomic mass is 19.4. The molecule has 0 aromatic carbocycles. The van der Waals surface area contributed by atoms with Crippen LogP contribution in [0.2, 0.25) is 0 Å². The van der Waals surface area contributed by atoms with Gasteiger partial charge in [0.05, 0.1) is 12.2 Å². The quantitative estimate of drug-likeness (QED) is 0.855. The van der Waals surface area contributed by atoms with Crippen LogP contribution in [0.15, 0.2) is 12.3 Å². The Morgan fingerprint density at radius 1 is 1.33 bits per heavy atom. The summed E-state index contributed by atoms with van der Waals surface area (Å²) in [4.78, 5) is 0. The largest absolute Gasteiger partial charge is 0.401 e. The Bertz CT molecular complexity index is 358. The molecule has 0 aliphatic rings. The fourth-order valence-electron chi connectivity index (χ4n) is 1.66. The van der Waals surface area contributed by atoms with Gasteiger partial charge in [-0.3, -0.25) is 4.68 Å². The van der Waals surface area contributed by atoms with Crippen molar-refractivity contribution in [2.24, 2.45) is 5.92 Å². The molecule has 0 saturated heterocycles. The maximum Gasteiger partial charge on any atom is 0.401 e. The molecule has 0 spiro atoms. The molecule has 1 aromatic heterocycles. The van der Waals surface area contributed by atoms with Crippen molar-refractivity contribution >= 4 is 0 Å². The number of halogens is 3. The molecule has 0 aliphatic heterocycles. The van der Waals surface area contributed by atoms with Gasteiger partial charge in [0.2, 0.25) is 0 Å². The Balaban J connectivity index is 2.33. The number of nitrogens with one attached hydrogen (secondary N) is 1. The summed E-state index contributed by atoms with van der Waals surface area (Å²) in [6.45, 7) is 5.39. The van der Waals surface area contributed by atoms with Crippen LogP contribution in [0.5, 0.6) is 0 Å². The van der Waals surface area contributed by atoms with Gasteiger partial charge in [-0.25, -0.2) is 0 Å². The zero-order valence-electron chi connectivity index (χ0n) is 11.0. The highest BCUT2D eigenvalue weighted by Crippen LogP contribution is 2.13. The van der Waals surface area contributed by atoms with Crippen molar-refractivity contribution in [3.63, 3.8) is 0 Å². The molecule has 1 rings (SSSR count). The van der Waals surface area contributed by atoms with Crippen LogP contribution in [0.1, 0.15) is 32.5 Å². The van der Waals surface area contributed by atoms with E-state index in [2.05, 4.69) is 10.4 Å². The number of rotatable bonds is 6. The third kappa shape index (κ3) is 5.53. The van der Waals surface area contributed by atoms with Crippen molar-refractivity contribution in [3.8, 4) is 0 Å². The van der Waals surface area contributed by atoms with Gasteiger partial charge in [0.1, 0.15) is 0 Å². The summed E-state index contributed by atoms with van der Waals surface area (Å²) in [5.41, 5.74) is 0.921. The summed E-state index contributed by atoms with van der Waals surface area (Å²) < 4.78 is 37.7. The van der Waals surface area contributed by atoms with E-state index in [4.69, 9.17) is 0 Å². The molecular weight excluding hydrogens is 243 g/mol. The zero-order valence-corrected chi connectivity index (χ0v) is 11.0. The second-order valence-electron chi connectivity index (χ2n) is 4.94. The van der Waals surface area contributed by atoms with Gasteiger partial charge in [-0.15, -0.1) is 0 Å². The van der Waals surface area contributed by atoms with Gasteiger partial charge in [-0.2, -0.15) is 18.3 Å². The van der Waals surface area contributed by atoms with E-state index in [9.17, 15) is 13.2 Å². The van der Waals surface area contributed by atoms with Crippen LogP contribution in [-0.2, 0) is 6.42 Å². The molecule has 1 atom stereocenters. The van der Waals surface area contributed by atoms with Crippen LogP contribution in [0.25, 0.3) is 0 Å². The Morgan fingerprint density at radius 2 is 2.00 bits per heavy atom. The van der Waals surface area contributed by atoms with Crippen molar-refractivity contribution in [2.75, 3.05) is 13.1 Å². The average molecular weight is 263 g/mol. The summed E-state index contributed by atoms with van der Waals surface area (Å²) in [5, 5.41) is 6.79. The molecule has 0 amide bonds. The summed E-state index contributed by atoms with van der Waals surface area (Å²) in [7, 11) is 0. The lowest BCUT2D eigenvalue weighted by Crippen LogP contribution is -2.32. The van der Waals surface area contributed by atoms with Crippen molar-refractivity contribution in [2.45, 2.75) is 39.4 Å². The van der Waals surface area contributed by atoms with Crippen LogP contribution in [0.4, 0.5) is 13.2 Å². The van der Waals surface area contributed by atoms with Crippen LogP contribution in [0.3, 0.4) is 0 Å². The van der Waals surface area contributed by atoms with Crippen molar-refractivity contribution in [3.05, 3.63) is 18.0 Å². The average Bonchev–Trinajstić information content (AvgIpc) is 2.64. The summed E-state index contributed by atoms with van der Waals surface area (Å²) in [5.74, 6) is 0.128. The molecule has 0 saturated carbocycles. The van der Waals surface area contributed by atoms with Crippen LogP contribution in [0, 0.1) is 5.92 Å². The minimum Gasteiger partial charge on any atom is -0.308 e. The predicted molar refractivity (Wildman–Crippen MR) is 64.4 cm³/mol. The van der Waals surface area contributed by atoms with Gasteiger partial charge < -0.3 is 5.32 Å². The highest BCUT2D eigenvalue weighted by molar-refractivity contribution is 5.00. The lowest BCUT2D eigenvalue weighted by atomic mass is 10.1. The van der Waals surface area contributed by atoms with Gasteiger partial charge in [-0.05, 0) is 38.8 Å². The highest BCUT2D eigenvalue weighted by Gasteiger charge is 2.26. The molecule has 1 unspecified atom stereocenters. The molecule has 1 aromatic rings. The van der Waals surface area contributed by atoms with E-state index in [0.29, 0.717) is 19.0 Å². The number of hydrogen-bond donors (Lipinski definition) is 1. The molecule has 1 N–H and O–H groups in total. The molecule has 0 fully saturated rings. The topological polar surface area (TPSA) is 29.9 Å². The van der Waals surface area contributed by atoms with Gasteiger partial charge >= 0.3 is 6.18 Å². The molecule has 0 aliphatic carbocycles. The smallest absolute Gasteiger partial charge is 0.308 e. The Kier molecular flexibility index (Phi) is 5.19. The van der Waals surface area contributed by atoms with Gasteiger partial charge in [-0.1, -0.05) is 6.92 Å². The van der Waals surface area contributed by atoms with E-state index in [-0.39, 0.29) is 5.92 Å².